The number of amides is 1. The first-order valence-electron chi connectivity index (χ1n) is 10.5. The van der Waals surface area contributed by atoms with Crippen LogP contribution in [-0.2, 0) is 14.8 Å². The molecule has 1 amide bonds. The van der Waals surface area contributed by atoms with Gasteiger partial charge in [-0.25, -0.2) is 8.42 Å². The SMILES string of the molecule is CCC(NC(=O)CCCN(c1ccc2c(c1)OCCO2)S(C)(=O)=O)c1ccc(C)cc1. The summed E-state index contributed by atoms with van der Waals surface area (Å²) in [5.74, 6) is 1.03. The molecule has 0 fully saturated rings. The van der Waals surface area contributed by atoms with Gasteiger partial charge < -0.3 is 14.8 Å². The Labute approximate surface area is 184 Å². The summed E-state index contributed by atoms with van der Waals surface area (Å²) in [4.78, 5) is 12.5. The van der Waals surface area contributed by atoms with E-state index < -0.39 is 10.0 Å². The van der Waals surface area contributed by atoms with Crippen LogP contribution in [0.2, 0.25) is 0 Å². The number of fused-ring (bicyclic) bond motifs is 1. The third-order valence-corrected chi connectivity index (χ3v) is 6.40. The maximum atomic E-state index is 12.5. The molecular formula is C23H30N2O5S. The Morgan fingerprint density at radius 2 is 1.77 bits per heavy atom. The monoisotopic (exact) mass is 446 g/mol. The lowest BCUT2D eigenvalue weighted by Gasteiger charge is -2.25. The van der Waals surface area contributed by atoms with E-state index in [1.165, 1.54) is 9.87 Å². The zero-order valence-corrected chi connectivity index (χ0v) is 19.1. The standard InChI is InChI=1S/C23H30N2O5S/c1-4-20(18-9-7-17(2)8-10-18)24-23(26)6-5-13-25(31(3,27)28)19-11-12-21-22(16-19)30-15-14-29-21/h7-12,16,20H,4-6,13-15H2,1-3H3,(H,24,26). The molecule has 0 aliphatic carbocycles. The van der Waals surface area contributed by atoms with Gasteiger partial charge in [-0.2, -0.15) is 0 Å². The molecule has 1 heterocycles. The molecule has 168 valence electrons. The smallest absolute Gasteiger partial charge is 0.232 e. The molecule has 2 aromatic rings. The predicted octanol–water partition coefficient (Wildman–Crippen LogP) is 3.58. The number of carbonyl (C=O) groups excluding carboxylic acids is 1. The summed E-state index contributed by atoms with van der Waals surface area (Å²) in [7, 11) is -3.51. The number of nitrogens with zero attached hydrogens (tertiary/aromatic N) is 1. The lowest BCUT2D eigenvalue weighted by molar-refractivity contribution is -0.121. The number of anilines is 1. The molecule has 31 heavy (non-hydrogen) atoms. The van der Waals surface area contributed by atoms with Gasteiger partial charge >= 0.3 is 0 Å². The molecular weight excluding hydrogens is 416 g/mol. The van der Waals surface area contributed by atoms with Crippen LogP contribution in [-0.4, -0.2) is 40.3 Å². The fraction of sp³-hybridized carbons (Fsp3) is 0.435. The molecule has 2 aromatic carbocycles. The van der Waals surface area contributed by atoms with Crippen molar-refractivity contribution in [1.29, 1.82) is 0 Å². The van der Waals surface area contributed by atoms with Gasteiger partial charge in [-0.3, -0.25) is 9.10 Å². The summed E-state index contributed by atoms with van der Waals surface area (Å²) >= 11 is 0. The van der Waals surface area contributed by atoms with Crippen molar-refractivity contribution >= 4 is 21.6 Å². The van der Waals surface area contributed by atoms with Crippen molar-refractivity contribution in [1.82, 2.24) is 5.32 Å². The molecule has 8 heteroatoms. The van der Waals surface area contributed by atoms with Crippen LogP contribution >= 0.6 is 0 Å². The van der Waals surface area contributed by atoms with Crippen molar-refractivity contribution in [3.8, 4) is 11.5 Å². The molecule has 0 radical (unpaired) electrons. The number of hydrogen-bond acceptors (Lipinski definition) is 5. The first kappa shape index (κ1) is 22.9. The number of hydrogen-bond donors (Lipinski definition) is 1. The number of rotatable bonds is 9. The summed E-state index contributed by atoms with van der Waals surface area (Å²) in [6, 6.07) is 13.1. The van der Waals surface area contributed by atoms with Gasteiger partial charge in [0.15, 0.2) is 11.5 Å². The van der Waals surface area contributed by atoms with E-state index in [0.717, 1.165) is 18.2 Å². The summed E-state index contributed by atoms with van der Waals surface area (Å²) in [5.41, 5.74) is 2.73. The van der Waals surface area contributed by atoms with Crippen LogP contribution < -0.4 is 19.1 Å². The van der Waals surface area contributed by atoms with E-state index in [9.17, 15) is 13.2 Å². The van der Waals surface area contributed by atoms with Crippen LogP contribution in [0.3, 0.4) is 0 Å². The van der Waals surface area contributed by atoms with Crippen molar-refractivity contribution < 1.29 is 22.7 Å². The van der Waals surface area contributed by atoms with E-state index in [4.69, 9.17) is 9.47 Å². The number of ether oxygens (including phenoxy) is 2. The van der Waals surface area contributed by atoms with Crippen LogP contribution in [0.25, 0.3) is 0 Å². The lowest BCUT2D eigenvalue weighted by atomic mass is 10.0. The third kappa shape index (κ3) is 6.13. The van der Waals surface area contributed by atoms with Gasteiger partial charge in [0.25, 0.3) is 0 Å². The van der Waals surface area contributed by atoms with Crippen LogP contribution in [0, 0.1) is 6.92 Å². The topological polar surface area (TPSA) is 84.9 Å². The van der Waals surface area contributed by atoms with E-state index in [2.05, 4.69) is 5.32 Å². The second-order valence-electron chi connectivity index (χ2n) is 7.71. The molecule has 0 spiro atoms. The fourth-order valence-electron chi connectivity index (χ4n) is 3.54. The third-order valence-electron chi connectivity index (χ3n) is 5.20. The average molecular weight is 447 g/mol. The first-order valence-corrected chi connectivity index (χ1v) is 12.4. The molecule has 0 bridgehead atoms. The molecule has 1 atom stereocenters. The van der Waals surface area contributed by atoms with Crippen molar-refractivity contribution in [3.05, 3.63) is 53.6 Å². The van der Waals surface area contributed by atoms with E-state index in [1.807, 2.05) is 38.1 Å². The van der Waals surface area contributed by atoms with Gasteiger partial charge in [-0.1, -0.05) is 36.8 Å². The second-order valence-corrected chi connectivity index (χ2v) is 9.61. The van der Waals surface area contributed by atoms with E-state index in [0.29, 0.717) is 36.8 Å². The Bertz CT molecular complexity index is 1010. The summed E-state index contributed by atoms with van der Waals surface area (Å²) in [6.07, 6.45) is 2.58. The van der Waals surface area contributed by atoms with Gasteiger partial charge in [0, 0.05) is 19.0 Å². The maximum Gasteiger partial charge on any atom is 0.232 e. The first-order chi connectivity index (χ1) is 14.8. The van der Waals surface area contributed by atoms with Gasteiger partial charge in [-0.15, -0.1) is 0 Å². The van der Waals surface area contributed by atoms with Crippen molar-refractivity contribution in [2.24, 2.45) is 0 Å². The van der Waals surface area contributed by atoms with Crippen molar-refractivity contribution in [2.45, 2.75) is 39.2 Å². The average Bonchev–Trinajstić information content (AvgIpc) is 2.74. The highest BCUT2D eigenvalue weighted by Crippen LogP contribution is 2.34. The highest BCUT2D eigenvalue weighted by atomic mass is 32.2. The number of carbonyl (C=O) groups is 1. The fourth-order valence-corrected chi connectivity index (χ4v) is 4.50. The Balaban J connectivity index is 1.61. The minimum absolute atomic E-state index is 0.0584. The summed E-state index contributed by atoms with van der Waals surface area (Å²) < 4.78 is 37.1. The summed E-state index contributed by atoms with van der Waals surface area (Å²) in [5, 5.41) is 3.05. The van der Waals surface area contributed by atoms with Crippen LogP contribution in [0.5, 0.6) is 11.5 Å². The number of benzene rings is 2. The zero-order chi connectivity index (χ0) is 22.4. The largest absolute Gasteiger partial charge is 0.486 e. The van der Waals surface area contributed by atoms with E-state index in [1.54, 1.807) is 18.2 Å². The highest BCUT2D eigenvalue weighted by molar-refractivity contribution is 7.92. The Morgan fingerprint density at radius 3 is 2.42 bits per heavy atom. The van der Waals surface area contributed by atoms with Crippen molar-refractivity contribution in [2.75, 3.05) is 30.3 Å². The molecule has 1 aliphatic rings. The highest BCUT2D eigenvalue weighted by Gasteiger charge is 2.21. The molecule has 0 aromatic heterocycles. The number of nitrogens with one attached hydrogen (secondary N) is 1. The molecule has 1 aliphatic heterocycles. The quantitative estimate of drug-likeness (QED) is 0.636. The van der Waals surface area contributed by atoms with Gasteiger partial charge in [-0.05, 0) is 37.5 Å². The maximum absolute atomic E-state index is 12.5. The van der Waals surface area contributed by atoms with Gasteiger partial charge in [0.2, 0.25) is 15.9 Å². The minimum Gasteiger partial charge on any atom is -0.486 e. The minimum atomic E-state index is -3.51. The Hall–Kier alpha value is -2.74. The lowest BCUT2D eigenvalue weighted by Crippen LogP contribution is -2.33. The molecule has 1 unspecified atom stereocenters. The van der Waals surface area contributed by atoms with E-state index in [-0.39, 0.29) is 24.9 Å². The Kier molecular flexibility index (Phi) is 7.43. The molecule has 3 rings (SSSR count). The Morgan fingerprint density at radius 1 is 1.10 bits per heavy atom. The zero-order valence-electron chi connectivity index (χ0n) is 18.3. The summed E-state index contributed by atoms with van der Waals surface area (Å²) in [6.45, 7) is 5.15. The predicted molar refractivity (Wildman–Crippen MR) is 121 cm³/mol. The number of aryl methyl sites for hydroxylation is 1. The van der Waals surface area contributed by atoms with Crippen molar-refractivity contribution in [3.63, 3.8) is 0 Å². The second kappa shape index (κ2) is 10.0. The number of sulfonamides is 1. The molecule has 0 saturated carbocycles. The van der Waals surface area contributed by atoms with Crippen LogP contribution in [0.15, 0.2) is 42.5 Å². The van der Waals surface area contributed by atoms with Gasteiger partial charge in [0.1, 0.15) is 13.2 Å². The van der Waals surface area contributed by atoms with Gasteiger partial charge in [0.05, 0.1) is 18.0 Å². The van der Waals surface area contributed by atoms with Crippen LogP contribution in [0.1, 0.15) is 43.4 Å². The normalized spacial score (nSPS) is 14.0. The van der Waals surface area contributed by atoms with Crippen LogP contribution in [0.4, 0.5) is 5.69 Å². The molecule has 0 saturated heterocycles. The molecule has 1 N–H and O–H groups in total. The molecule has 7 nitrogen and oxygen atoms in total. The van der Waals surface area contributed by atoms with E-state index >= 15 is 0 Å².